The summed E-state index contributed by atoms with van der Waals surface area (Å²) in [6.07, 6.45) is 4.77. The van der Waals surface area contributed by atoms with E-state index in [1.54, 1.807) is 12.1 Å². The number of rotatable bonds is 4. The summed E-state index contributed by atoms with van der Waals surface area (Å²) in [5.74, 6) is 0.482. The van der Waals surface area contributed by atoms with Crippen LogP contribution in [0.1, 0.15) is 50.9 Å². The van der Waals surface area contributed by atoms with Crippen LogP contribution < -0.4 is 4.72 Å². The van der Waals surface area contributed by atoms with Gasteiger partial charge in [0.25, 0.3) is 10.0 Å². The zero-order valence-corrected chi connectivity index (χ0v) is 14.3. The van der Waals surface area contributed by atoms with Gasteiger partial charge in [0.05, 0.1) is 5.69 Å². The summed E-state index contributed by atoms with van der Waals surface area (Å²) < 4.78 is 27.9. The van der Waals surface area contributed by atoms with Crippen LogP contribution in [-0.2, 0) is 15.4 Å². The molecule has 6 nitrogen and oxygen atoms in total. The van der Waals surface area contributed by atoms with Crippen LogP contribution in [0.3, 0.4) is 0 Å². The zero-order chi connectivity index (χ0) is 16.7. The highest BCUT2D eigenvalue weighted by molar-refractivity contribution is 7.92. The molecule has 7 heteroatoms. The first-order valence-electron chi connectivity index (χ1n) is 7.57. The molecule has 1 aliphatic rings. The van der Waals surface area contributed by atoms with Gasteiger partial charge < -0.3 is 0 Å². The molecule has 2 aromatic heterocycles. The predicted octanol–water partition coefficient (Wildman–Crippen LogP) is 2.85. The van der Waals surface area contributed by atoms with E-state index >= 15 is 0 Å². The number of nitrogens with zero attached hydrogens (tertiary/aromatic N) is 3. The number of aromatic nitrogens is 3. The van der Waals surface area contributed by atoms with E-state index in [1.807, 2.05) is 0 Å². The Morgan fingerprint density at radius 2 is 1.91 bits per heavy atom. The van der Waals surface area contributed by atoms with Crippen LogP contribution in [0.2, 0.25) is 0 Å². The second-order valence-electron chi connectivity index (χ2n) is 6.80. The Bertz CT molecular complexity index is 810. The smallest absolute Gasteiger partial charge is 0.263 e. The van der Waals surface area contributed by atoms with E-state index in [0.29, 0.717) is 5.69 Å². The first-order valence-corrected chi connectivity index (χ1v) is 9.06. The van der Waals surface area contributed by atoms with Crippen molar-refractivity contribution in [2.24, 2.45) is 0 Å². The van der Waals surface area contributed by atoms with Crippen LogP contribution in [0, 0.1) is 0 Å². The SMILES string of the molecule is CC(C)(C)c1ccc(S(=O)(=O)Nc2ccncn2)c(C2CC2)n1. The van der Waals surface area contributed by atoms with Gasteiger partial charge in [-0.3, -0.25) is 9.71 Å². The molecule has 0 aliphatic heterocycles. The fraction of sp³-hybridized carbons (Fsp3) is 0.438. The lowest BCUT2D eigenvalue weighted by atomic mass is 9.91. The minimum Gasteiger partial charge on any atom is -0.263 e. The molecule has 0 atom stereocenters. The van der Waals surface area contributed by atoms with Gasteiger partial charge in [-0.25, -0.2) is 18.4 Å². The van der Waals surface area contributed by atoms with E-state index in [9.17, 15) is 8.42 Å². The van der Waals surface area contributed by atoms with E-state index in [-0.39, 0.29) is 22.0 Å². The fourth-order valence-electron chi connectivity index (χ4n) is 2.30. The molecule has 0 amide bonds. The Labute approximate surface area is 136 Å². The third-order valence-electron chi connectivity index (χ3n) is 3.73. The van der Waals surface area contributed by atoms with Crippen molar-refractivity contribution in [1.82, 2.24) is 15.0 Å². The molecule has 2 heterocycles. The Morgan fingerprint density at radius 3 is 2.48 bits per heavy atom. The number of anilines is 1. The highest BCUT2D eigenvalue weighted by Gasteiger charge is 2.33. The molecular formula is C16H20N4O2S. The van der Waals surface area contributed by atoms with Crippen molar-refractivity contribution < 1.29 is 8.42 Å². The summed E-state index contributed by atoms with van der Waals surface area (Å²) >= 11 is 0. The Kier molecular flexibility index (Phi) is 3.83. The molecule has 0 saturated heterocycles. The molecule has 0 bridgehead atoms. The van der Waals surface area contributed by atoms with Gasteiger partial charge in [0.15, 0.2) is 0 Å². The van der Waals surface area contributed by atoms with Crippen molar-refractivity contribution in [3.63, 3.8) is 0 Å². The lowest BCUT2D eigenvalue weighted by Crippen LogP contribution is -2.19. The molecule has 0 radical (unpaired) electrons. The molecule has 2 aromatic rings. The van der Waals surface area contributed by atoms with Crippen LogP contribution in [0.15, 0.2) is 35.6 Å². The van der Waals surface area contributed by atoms with Gasteiger partial charge >= 0.3 is 0 Å². The van der Waals surface area contributed by atoms with Crippen LogP contribution in [0.25, 0.3) is 0 Å². The predicted molar refractivity (Wildman–Crippen MR) is 87.8 cm³/mol. The van der Waals surface area contributed by atoms with Crippen molar-refractivity contribution in [3.8, 4) is 0 Å². The van der Waals surface area contributed by atoms with Crippen LogP contribution in [0.5, 0.6) is 0 Å². The molecule has 1 saturated carbocycles. The number of pyridine rings is 1. The van der Waals surface area contributed by atoms with E-state index < -0.39 is 10.0 Å². The normalized spacial score (nSPS) is 15.4. The van der Waals surface area contributed by atoms with Gasteiger partial charge in [-0.15, -0.1) is 0 Å². The Balaban J connectivity index is 2.01. The molecule has 3 rings (SSSR count). The van der Waals surface area contributed by atoms with E-state index in [2.05, 4.69) is 40.4 Å². The van der Waals surface area contributed by atoms with E-state index in [4.69, 9.17) is 0 Å². The molecule has 122 valence electrons. The summed E-state index contributed by atoms with van der Waals surface area (Å²) in [7, 11) is -3.71. The highest BCUT2D eigenvalue weighted by Crippen LogP contribution is 2.42. The van der Waals surface area contributed by atoms with Gasteiger partial charge in [0, 0.05) is 23.2 Å². The van der Waals surface area contributed by atoms with Crippen LogP contribution >= 0.6 is 0 Å². The first kappa shape index (κ1) is 15.9. The molecule has 1 N–H and O–H groups in total. The Morgan fingerprint density at radius 1 is 1.17 bits per heavy atom. The van der Waals surface area contributed by atoms with Gasteiger partial charge in [-0.1, -0.05) is 20.8 Å². The van der Waals surface area contributed by atoms with E-state index in [0.717, 1.165) is 18.5 Å². The number of nitrogens with one attached hydrogen (secondary N) is 1. The van der Waals surface area contributed by atoms with Gasteiger partial charge in [-0.2, -0.15) is 0 Å². The number of hydrogen-bond donors (Lipinski definition) is 1. The molecule has 0 unspecified atom stereocenters. The molecular weight excluding hydrogens is 312 g/mol. The number of sulfonamides is 1. The van der Waals surface area contributed by atoms with Crippen molar-refractivity contribution in [2.75, 3.05) is 4.72 Å². The number of hydrogen-bond acceptors (Lipinski definition) is 5. The quantitative estimate of drug-likeness (QED) is 0.930. The Hall–Kier alpha value is -2.02. The summed E-state index contributed by atoms with van der Waals surface area (Å²) in [6, 6.07) is 4.97. The lowest BCUT2D eigenvalue weighted by Gasteiger charge is -2.20. The standard InChI is InChI=1S/C16H20N4O2S/c1-16(2,3)13-7-6-12(15(19-13)11-4-5-11)23(21,22)20-14-8-9-17-10-18-14/h6-11H,4-5H2,1-3H3,(H,17,18,20). The molecule has 1 fully saturated rings. The fourth-order valence-corrected chi connectivity index (χ4v) is 3.54. The molecule has 23 heavy (non-hydrogen) atoms. The van der Waals surface area contributed by atoms with Crippen LogP contribution in [0.4, 0.5) is 5.82 Å². The van der Waals surface area contributed by atoms with Crippen molar-refractivity contribution >= 4 is 15.8 Å². The average molecular weight is 332 g/mol. The third-order valence-corrected chi connectivity index (χ3v) is 5.13. The summed E-state index contributed by atoms with van der Waals surface area (Å²) in [6.45, 7) is 6.21. The molecule has 1 aliphatic carbocycles. The maximum atomic E-state index is 12.7. The highest BCUT2D eigenvalue weighted by atomic mass is 32.2. The van der Waals surface area contributed by atoms with Crippen molar-refractivity contribution in [2.45, 2.75) is 49.8 Å². The summed E-state index contributed by atoms with van der Waals surface area (Å²) in [5.41, 5.74) is 1.45. The summed E-state index contributed by atoms with van der Waals surface area (Å²) in [4.78, 5) is 12.6. The third kappa shape index (κ3) is 3.50. The second kappa shape index (κ2) is 5.56. The van der Waals surface area contributed by atoms with E-state index in [1.165, 1.54) is 18.6 Å². The maximum absolute atomic E-state index is 12.7. The monoisotopic (exact) mass is 332 g/mol. The second-order valence-corrected chi connectivity index (χ2v) is 8.46. The van der Waals surface area contributed by atoms with Crippen molar-refractivity contribution in [1.29, 1.82) is 0 Å². The average Bonchev–Trinajstić information content (AvgIpc) is 3.31. The van der Waals surface area contributed by atoms with Gasteiger partial charge in [0.1, 0.15) is 17.0 Å². The van der Waals surface area contributed by atoms with Crippen molar-refractivity contribution in [3.05, 3.63) is 42.1 Å². The molecule has 0 aromatic carbocycles. The zero-order valence-electron chi connectivity index (χ0n) is 13.4. The summed E-state index contributed by atoms with van der Waals surface area (Å²) in [5, 5.41) is 0. The van der Waals surface area contributed by atoms with Crippen LogP contribution in [-0.4, -0.2) is 23.4 Å². The molecule has 0 spiro atoms. The lowest BCUT2D eigenvalue weighted by molar-refractivity contribution is 0.561. The van der Waals surface area contributed by atoms with Gasteiger partial charge in [-0.05, 0) is 31.0 Å². The minimum absolute atomic E-state index is 0.119. The minimum atomic E-state index is -3.71. The largest absolute Gasteiger partial charge is 0.264 e. The first-order chi connectivity index (χ1) is 10.8. The maximum Gasteiger partial charge on any atom is 0.264 e. The topological polar surface area (TPSA) is 84.8 Å². The van der Waals surface area contributed by atoms with Gasteiger partial charge in [0.2, 0.25) is 0 Å².